The molecule has 30 heavy (non-hydrogen) atoms. The monoisotopic (exact) mass is 411 g/mol. The minimum atomic E-state index is -0.395. The van der Waals surface area contributed by atoms with Crippen molar-refractivity contribution in [1.82, 2.24) is 5.32 Å². The Labute approximate surface area is 173 Å². The largest absolute Gasteiger partial charge is 0.507 e. The van der Waals surface area contributed by atoms with Gasteiger partial charge in [-0.3, -0.25) is 9.59 Å². The second-order valence-corrected chi connectivity index (χ2v) is 7.19. The van der Waals surface area contributed by atoms with Crippen LogP contribution in [-0.4, -0.2) is 35.4 Å². The van der Waals surface area contributed by atoms with Gasteiger partial charge in [0.25, 0.3) is 5.91 Å². The smallest absolute Gasteiger partial charge is 0.258 e. The zero-order chi connectivity index (χ0) is 21.7. The third-order valence-electron chi connectivity index (χ3n) is 5.09. The zero-order valence-electron chi connectivity index (χ0n) is 16.9. The van der Waals surface area contributed by atoms with Gasteiger partial charge in [0.15, 0.2) is 12.0 Å². The Balaban J connectivity index is 1.82. The second kappa shape index (κ2) is 9.45. The average molecular weight is 411 g/mol. The Kier molecular flexibility index (Phi) is 6.74. The standard InChI is InChI=1S/C23H25NO6/c1-3-14(2)17(12-25)24-22(28)13-29-16-9-18(26)23-19(27)11-20(30-21(23)10-16)15-7-5-4-6-8-15/h4-11,14,17,25-26H,3,12-13H2,1-2H3,(H,24,28)/t14-,17+/m0/s1. The van der Waals surface area contributed by atoms with Gasteiger partial charge in [-0.1, -0.05) is 50.6 Å². The molecule has 158 valence electrons. The molecule has 0 bridgehead atoms. The van der Waals surface area contributed by atoms with Crippen molar-refractivity contribution in [2.45, 2.75) is 26.3 Å². The Morgan fingerprint density at radius 3 is 2.60 bits per heavy atom. The molecule has 0 spiro atoms. The molecule has 0 aliphatic rings. The molecule has 1 aromatic heterocycles. The molecule has 0 aliphatic carbocycles. The van der Waals surface area contributed by atoms with Crippen molar-refractivity contribution in [2.24, 2.45) is 5.92 Å². The summed E-state index contributed by atoms with van der Waals surface area (Å²) >= 11 is 0. The summed E-state index contributed by atoms with van der Waals surface area (Å²) in [7, 11) is 0. The van der Waals surface area contributed by atoms with E-state index in [4.69, 9.17) is 9.15 Å². The fourth-order valence-corrected chi connectivity index (χ4v) is 3.12. The van der Waals surface area contributed by atoms with Gasteiger partial charge in [0.2, 0.25) is 0 Å². The number of carbonyl (C=O) groups excluding carboxylic acids is 1. The molecule has 1 amide bonds. The van der Waals surface area contributed by atoms with E-state index in [0.29, 0.717) is 5.76 Å². The number of fused-ring (bicyclic) bond motifs is 1. The molecule has 3 N–H and O–H groups in total. The molecule has 0 saturated heterocycles. The first-order chi connectivity index (χ1) is 14.4. The topological polar surface area (TPSA) is 109 Å². The maximum absolute atomic E-state index is 12.5. The van der Waals surface area contributed by atoms with E-state index in [-0.39, 0.29) is 53.1 Å². The van der Waals surface area contributed by atoms with E-state index in [1.165, 1.54) is 18.2 Å². The summed E-state index contributed by atoms with van der Waals surface area (Å²) in [5.41, 5.74) is 0.502. The first-order valence-electron chi connectivity index (χ1n) is 9.82. The highest BCUT2D eigenvalue weighted by molar-refractivity contribution is 5.86. The lowest BCUT2D eigenvalue weighted by atomic mass is 10.00. The van der Waals surface area contributed by atoms with Crippen LogP contribution in [0.15, 0.2) is 57.7 Å². The van der Waals surface area contributed by atoms with Crippen molar-refractivity contribution in [3.8, 4) is 22.8 Å². The summed E-state index contributed by atoms with van der Waals surface area (Å²) < 4.78 is 11.3. The molecule has 0 unspecified atom stereocenters. The molecule has 0 saturated carbocycles. The average Bonchev–Trinajstić information content (AvgIpc) is 2.75. The minimum absolute atomic E-state index is 0.0450. The SMILES string of the molecule is CC[C@H](C)[C@@H](CO)NC(=O)COc1cc(O)c2c(=O)cc(-c3ccccc3)oc2c1. The van der Waals surface area contributed by atoms with Crippen LogP contribution >= 0.6 is 0 Å². The van der Waals surface area contributed by atoms with Gasteiger partial charge in [0.1, 0.15) is 28.2 Å². The number of nitrogens with one attached hydrogen (secondary N) is 1. The van der Waals surface area contributed by atoms with Crippen LogP contribution in [-0.2, 0) is 4.79 Å². The summed E-state index contributed by atoms with van der Waals surface area (Å²) in [6, 6.07) is 12.8. The molecule has 7 nitrogen and oxygen atoms in total. The lowest BCUT2D eigenvalue weighted by Crippen LogP contribution is -2.43. The van der Waals surface area contributed by atoms with Gasteiger partial charge in [-0.05, 0) is 5.92 Å². The second-order valence-electron chi connectivity index (χ2n) is 7.19. The fourth-order valence-electron chi connectivity index (χ4n) is 3.12. The van der Waals surface area contributed by atoms with Crippen molar-refractivity contribution >= 4 is 16.9 Å². The number of amides is 1. The van der Waals surface area contributed by atoms with E-state index in [2.05, 4.69) is 5.32 Å². The number of phenolic OH excluding ortho intramolecular Hbond substituents is 1. The predicted octanol–water partition coefficient (Wildman–Crippen LogP) is 3.07. The quantitative estimate of drug-likeness (QED) is 0.526. The summed E-state index contributed by atoms with van der Waals surface area (Å²) in [6.45, 7) is 3.45. The fraction of sp³-hybridized carbons (Fsp3) is 0.304. The van der Waals surface area contributed by atoms with Crippen LogP contribution < -0.4 is 15.5 Å². The number of rotatable bonds is 8. The number of aliphatic hydroxyl groups excluding tert-OH is 1. The molecule has 3 rings (SSSR count). The first kappa shape index (κ1) is 21.4. The Hall–Kier alpha value is -3.32. The summed E-state index contributed by atoms with van der Waals surface area (Å²) in [4.78, 5) is 24.6. The van der Waals surface area contributed by atoms with E-state index >= 15 is 0 Å². The third kappa shape index (κ3) is 4.80. The lowest BCUT2D eigenvalue weighted by Gasteiger charge is -2.22. The molecular weight excluding hydrogens is 386 g/mol. The molecular formula is C23H25NO6. The van der Waals surface area contributed by atoms with E-state index < -0.39 is 5.91 Å². The number of benzene rings is 2. The van der Waals surface area contributed by atoms with Crippen molar-refractivity contribution in [2.75, 3.05) is 13.2 Å². The van der Waals surface area contributed by atoms with Crippen molar-refractivity contribution in [3.63, 3.8) is 0 Å². The number of carbonyl (C=O) groups is 1. The highest BCUT2D eigenvalue weighted by atomic mass is 16.5. The van der Waals surface area contributed by atoms with E-state index in [1.807, 2.05) is 44.2 Å². The Morgan fingerprint density at radius 1 is 1.20 bits per heavy atom. The van der Waals surface area contributed by atoms with Crippen LogP contribution in [0.1, 0.15) is 20.3 Å². The van der Waals surface area contributed by atoms with Crippen molar-refractivity contribution in [3.05, 3.63) is 58.8 Å². The number of ether oxygens (including phenoxy) is 1. The molecule has 0 fully saturated rings. The Bertz CT molecular complexity index is 1080. The predicted molar refractivity (Wildman–Crippen MR) is 114 cm³/mol. The number of aromatic hydroxyl groups is 1. The van der Waals surface area contributed by atoms with E-state index in [1.54, 1.807) is 0 Å². The molecule has 0 aliphatic heterocycles. The van der Waals surface area contributed by atoms with Gasteiger partial charge in [0, 0.05) is 23.8 Å². The third-order valence-corrected chi connectivity index (χ3v) is 5.09. The van der Waals surface area contributed by atoms with Crippen molar-refractivity contribution < 1.29 is 24.2 Å². The van der Waals surface area contributed by atoms with E-state index in [0.717, 1.165) is 12.0 Å². The number of aliphatic hydroxyl groups is 1. The molecule has 3 aromatic rings. The molecule has 1 heterocycles. The lowest BCUT2D eigenvalue weighted by molar-refractivity contribution is -0.124. The number of hydrogen-bond donors (Lipinski definition) is 3. The maximum Gasteiger partial charge on any atom is 0.258 e. The van der Waals surface area contributed by atoms with Crippen LogP contribution in [0, 0.1) is 5.92 Å². The van der Waals surface area contributed by atoms with Gasteiger partial charge in [-0.2, -0.15) is 0 Å². The number of hydrogen-bond acceptors (Lipinski definition) is 6. The van der Waals surface area contributed by atoms with Gasteiger partial charge >= 0.3 is 0 Å². The summed E-state index contributed by atoms with van der Waals surface area (Å²) in [6.07, 6.45) is 0.813. The van der Waals surface area contributed by atoms with Gasteiger partial charge in [-0.15, -0.1) is 0 Å². The summed E-state index contributed by atoms with van der Waals surface area (Å²) in [5, 5.41) is 22.5. The van der Waals surface area contributed by atoms with Gasteiger partial charge in [-0.25, -0.2) is 0 Å². The van der Waals surface area contributed by atoms with Crippen LogP contribution in [0.3, 0.4) is 0 Å². The molecule has 7 heteroatoms. The van der Waals surface area contributed by atoms with Gasteiger partial charge < -0.3 is 24.7 Å². The van der Waals surface area contributed by atoms with Crippen LogP contribution in [0.25, 0.3) is 22.3 Å². The number of phenols is 1. The maximum atomic E-state index is 12.5. The summed E-state index contributed by atoms with van der Waals surface area (Å²) in [5.74, 6) is -0.0128. The highest BCUT2D eigenvalue weighted by Gasteiger charge is 2.18. The van der Waals surface area contributed by atoms with Crippen LogP contribution in [0.5, 0.6) is 11.5 Å². The molecule has 0 radical (unpaired) electrons. The van der Waals surface area contributed by atoms with E-state index in [9.17, 15) is 19.8 Å². The Morgan fingerprint density at radius 2 is 1.93 bits per heavy atom. The first-order valence-corrected chi connectivity index (χ1v) is 9.82. The normalized spacial score (nSPS) is 13.0. The van der Waals surface area contributed by atoms with Crippen LogP contribution in [0.4, 0.5) is 0 Å². The molecule has 2 atom stereocenters. The highest BCUT2D eigenvalue weighted by Crippen LogP contribution is 2.31. The zero-order valence-corrected chi connectivity index (χ0v) is 16.9. The van der Waals surface area contributed by atoms with Crippen molar-refractivity contribution in [1.29, 1.82) is 0 Å². The molecule has 2 aromatic carbocycles. The van der Waals surface area contributed by atoms with Gasteiger partial charge in [0.05, 0.1) is 12.6 Å². The minimum Gasteiger partial charge on any atom is -0.507 e. The van der Waals surface area contributed by atoms with Crippen LogP contribution in [0.2, 0.25) is 0 Å².